The Kier molecular flexibility index (Phi) is 10.8. The average molecular weight is 495 g/mol. The van der Waals surface area contributed by atoms with Gasteiger partial charge in [0.2, 0.25) is 0 Å². The lowest BCUT2D eigenvalue weighted by molar-refractivity contribution is 0.297. The van der Waals surface area contributed by atoms with Crippen molar-refractivity contribution in [3.63, 3.8) is 0 Å². The Bertz CT molecular complexity index is 1020. The van der Waals surface area contributed by atoms with Crippen molar-refractivity contribution in [1.29, 1.82) is 0 Å². The van der Waals surface area contributed by atoms with Crippen LogP contribution >= 0.6 is 7.82 Å². The molecule has 0 aliphatic rings. The fourth-order valence-electron chi connectivity index (χ4n) is 4.10. The second kappa shape index (κ2) is 14.0. The lowest BCUT2D eigenvalue weighted by atomic mass is 9.90. The summed E-state index contributed by atoms with van der Waals surface area (Å²) in [5.41, 5.74) is 3.86. The molecule has 0 aromatic heterocycles. The lowest BCUT2D eigenvalue weighted by Crippen LogP contribution is -2.11. The predicted octanol–water partition coefficient (Wildman–Crippen LogP) is 9.36. The van der Waals surface area contributed by atoms with Gasteiger partial charge in [-0.15, -0.1) is 0 Å². The molecule has 188 valence electrons. The van der Waals surface area contributed by atoms with Crippen molar-refractivity contribution in [1.82, 2.24) is 0 Å². The molecule has 0 saturated heterocycles. The average Bonchev–Trinajstić information content (AvgIpc) is 2.87. The highest BCUT2D eigenvalue weighted by Gasteiger charge is 2.34. The smallest absolute Gasteiger partial charge is 0.386 e. The fourth-order valence-corrected chi connectivity index (χ4v) is 5.38. The molecule has 0 spiro atoms. The van der Waals surface area contributed by atoms with Gasteiger partial charge in [0.05, 0.1) is 0 Å². The normalized spacial score (nSPS) is 11.3. The van der Waals surface area contributed by atoms with Gasteiger partial charge in [0.1, 0.15) is 17.2 Å². The number of aryl methyl sites for hydroxylation is 1. The second-order valence-electron chi connectivity index (χ2n) is 8.84. The zero-order chi connectivity index (χ0) is 24.9. The third kappa shape index (κ3) is 8.18. The number of benzene rings is 3. The van der Waals surface area contributed by atoms with E-state index in [1.54, 1.807) is 24.3 Å². The van der Waals surface area contributed by atoms with Crippen molar-refractivity contribution >= 4 is 7.82 Å². The summed E-state index contributed by atoms with van der Waals surface area (Å²) in [7, 11) is -4.03. The number of phosphoric acid groups is 1. The number of unbranched alkanes of at least 4 members (excludes halogenated alkanes) is 3. The molecule has 35 heavy (non-hydrogen) atoms. The molecule has 0 saturated carbocycles. The third-order valence-electron chi connectivity index (χ3n) is 5.98. The van der Waals surface area contributed by atoms with Crippen molar-refractivity contribution in [2.45, 2.75) is 78.6 Å². The van der Waals surface area contributed by atoms with Gasteiger partial charge < -0.3 is 13.6 Å². The molecule has 0 bridgehead atoms. The van der Waals surface area contributed by atoms with Gasteiger partial charge in [-0.2, -0.15) is 4.57 Å². The molecule has 0 amide bonds. The summed E-state index contributed by atoms with van der Waals surface area (Å²) < 4.78 is 32.1. The molecule has 0 aliphatic heterocycles. The maximum atomic E-state index is 14.1. The molecule has 0 N–H and O–H groups in total. The minimum absolute atomic E-state index is 0.438. The molecule has 0 radical (unpaired) electrons. The lowest BCUT2D eigenvalue weighted by Gasteiger charge is -2.23. The van der Waals surface area contributed by atoms with E-state index in [1.165, 1.54) is 11.1 Å². The van der Waals surface area contributed by atoms with E-state index in [1.807, 2.05) is 42.5 Å². The van der Waals surface area contributed by atoms with Crippen LogP contribution in [0.3, 0.4) is 0 Å². The van der Waals surface area contributed by atoms with Crippen LogP contribution in [0.5, 0.6) is 17.2 Å². The Morgan fingerprint density at radius 3 is 1.57 bits per heavy atom. The minimum Gasteiger partial charge on any atom is -0.386 e. The first-order valence-corrected chi connectivity index (χ1v) is 14.5. The fraction of sp³-hybridized carbons (Fsp3) is 0.400. The van der Waals surface area contributed by atoms with Gasteiger partial charge in [-0.25, -0.2) is 0 Å². The summed E-state index contributed by atoms with van der Waals surface area (Å²) in [4.78, 5) is 0. The van der Waals surface area contributed by atoms with Gasteiger partial charge in [-0.3, -0.25) is 0 Å². The maximum Gasteiger partial charge on any atom is 0.647 e. The summed E-state index contributed by atoms with van der Waals surface area (Å²) in [6, 6.07) is 22.2. The Morgan fingerprint density at radius 1 is 0.571 bits per heavy atom. The van der Waals surface area contributed by atoms with E-state index in [2.05, 4.69) is 26.8 Å². The van der Waals surface area contributed by atoms with Crippen LogP contribution < -0.4 is 13.6 Å². The van der Waals surface area contributed by atoms with Gasteiger partial charge in [0.15, 0.2) is 0 Å². The van der Waals surface area contributed by atoms with Crippen LogP contribution in [-0.4, -0.2) is 0 Å². The van der Waals surface area contributed by atoms with Gasteiger partial charge in [-0.05, 0) is 85.5 Å². The molecule has 0 heterocycles. The third-order valence-corrected chi connectivity index (χ3v) is 7.27. The molecule has 3 rings (SSSR count). The first-order valence-electron chi connectivity index (χ1n) is 13.0. The molecule has 3 aromatic rings. The van der Waals surface area contributed by atoms with E-state index in [4.69, 9.17) is 13.6 Å². The van der Waals surface area contributed by atoms with Crippen molar-refractivity contribution < 1.29 is 18.1 Å². The van der Waals surface area contributed by atoms with Gasteiger partial charge in [0.25, 0.3) is 0 Å². The standard InChI is InChI=1S/C30H39O4P/c1-4-7-16-25-23-24-30(29(22-9-6-3)28(25)21-8-5-2)34-35(31,32-26-17-12-10-13-18-26)33-27-19-14-11-15-20-27/h10-15,17-20,23-24H,4-9,16,21-22H2,1-3H3. The van der Waals surface area contributed by atoms with Crippen LogP contribution in [-0.2, 0) is 23.8 Å². The largest absolute Gasteiger partial charge is 0.647 e. The van der Waals surface area contributed by atoms with E-state index in [-0.39, 0.29) is 0 Å². The Morgan fingerprint density at radius 2 is 1.06 bits per heavy atom. The van der Waals surface area contributed by atoms with E-state index >= 15 is 0 Å². The quantitative estimate of drug-likeness (QED) is 0.197. The number of phosphoric ester groups is 1. The highest BCUT2D eigenvalue weighted by atomic mass is 31.2. The first-order chi connectivity index (χ1) is 17.1. The van der Waals surface area contributed by atoms with E-state index in [0.717, 1.165) is 63.4 Å². The summed E-state index contributed by atoms with van der Waals surface area (Å²) in [5, 5.41) is 0. The topological polar surface area (TPSA) is 44.8 Å². The summed E-state index contributed by atoms with van der Waals surface area (Å²) in [6.45, 7) is 6.63. The van der Waals surface area contributed by atoms with Gasteiger partial charge >= 0.3 is 7.82 Å². The molecule has 5 heteroatoms. The zero-order valence-corrected chi connectivity index (χ0v) is 22.3. The highest BCUT2D eigenvalue weighted by Crippen LogP contribution is 2.51. The van der Waals surface area contributed by atoms with E-state index in [0.29, 0.717) is 17.2 Å². The van der Waals surface area contributed by atoms with Crippen molar-refractivity contribution in [3.05, 3.63) is 89.5 Å². The summed E-state index contributed by atoms with van der Waals surface area (Å²) in [5.74, 6) is 1.47. The zero-order valence-electron chi connectivity index (χ0n) is 21.4. The van der Waals surface area contributed by atoms with Crippen LogP contribution in [0.1, 0.15) is 76.0 Å². The van der Waals surface area contributed by atoms with Gasteiger partial charge in [-0.1, -0.05) is 82.5 Å². The summed E-state index contributed by atoms with van der Waals surface area (Å²) >= 11 is 0. The van der Waals surface area contributed by atoms with Crippen molar-refractivity contribution in [2.24, 2.45) is 0 Å². The predicted molar refractivity (Wildman–Crippen MR) is 145 cm³/mol. The second-order valence-corrected chi connectivity index (χ2v) is 10.3. The molecule has 0 aliphatic carbocycles. The molecular formula is C30H39O4P. The van der Waals surface area contributed by atoms with Crippen LogP contribution in [0.2, 0.25) is 0 Å². The van der Waals surface area contributed by atoms with Crippen molar-refractivity contribution in [3.8, 4) is 17.2 Å². The molecule has 0 fully saturated rings. The number of hydrogen-bond acceptors (Lipinski definition) is 4. The highest BCUT2D eigenvalue weighted by molar-refractivity contribution is 7.49. The van der Waals surface area contributed by atoms with Crippen LogP contribution in [0, 0.1) is 0 Å². The van der Waals surface area contributed by atoms with E-state index in [9.17, 15) is 4.57 Å². The van der Waals surface area contributed by atoms with Crippen molar-refractivity contribution in [2.75, 3.05) is 0 Å². The Hall–Kier alpha value is -2.71. The van der Waals surface area contributed by atoms with Gasteiger partial charge in [0, 0.05) is 0 Å². The van der Waals surface area contributed by atoms with Crippen LogP contribution in [0.4, 0.5) is 0 Å². The SMILES string of the molecule is CCCCc1ccc(OP(=O)(Oc2ccccc2)Oc2ccccc2)c(CCCC)c1CCCC. The maximum absolute atomic E-state index is 14.1. The van der Waals surface area contributed by atoms with Crippen LogP contribution in [0.15, 0.2) is 72.8 Å². The Labute approximate surface area is 211 Å². The summed E-state index contributed by atoms with van der Waals surface area (Å²) in [6.07, 6.45) is 9.57. The molecular weight excluding hydrogens is 455 g/mol. The molecule has 0 unspecified atom stereocenters. The van der Waals surface area contributed by atoms with E-state index < -0.39 is 7.82 Å². The minimum atomic E-state index is -4.03. The number of para-hydroxylation sites is 2. The van der Waals surface area contributed by atoms with Crippen LogP contribution in [0.25, 0.3) is 0 Å². The first kappa shape index (κ1) is 26.9. The monoisotopic (exact) mass is 494 g/mol. The molecule has 3 aromatic carbocycles. The number of hydrogen-bond donors (Lipinski definition) is 0. The number of rotatable bonds is 15. The molecule has 0 atom stereocenters. The Balaban J connectivity index is 2.02. The molecule has 4 nitrogen and oxygen atoms in total.